The van der Waals surface area contributed by atoms with Crippen molar-refractivity contribution in [1.29, 1.82) is 0 Å². The second-order valence-electron chi connectivity index (χ2n) is 7.70. The van der Waals surface area contributed by atoms with Crippen molar-refractivity contribution in [3.05, 3.63) is 42.2 Å². The number of nitrogens with zero attached hydrogens (tertiary/aromatic N) is 1. The summed E-state index contributed by atoms with van der Waals surface area (Å²) in [7, 11) is 0. The molecule has 0 fully saturated rings. The number of carbonyl (C=O) groups excluding carboxylic acids is 1. The first-order valence-electron chi connectivity index (χ1n) is 9.76. The largest absolute Gasteiger partial charge is 0.504 e. The average Bonchev–Trinajstić information content (AvgIpc) is 2.62. The van der Waals surface area contributed by atoms with Crippen LogP contribution in [0.1, 0.15) is 52.0 Å². The van der Waals surface area contributed by atoms with Crippen molar-refractivity contribution in [3.63, 3.8) is 0 Å². The summed E-state index contributed by atoms with van der Waals surface area (Å²) in [4.78, 5) is 14.1. The van der Waals surface area contributed by atoms with Gasteiger partial charge in [0.15, 0.2) is 17.1 Å². The lowest BCUT2D eigenvalue weighted by molar-refractivity contribution is 0.00986. The molecule has 0 radical (unpaired) electrons. The maximum absolute atomic E-state index is 12.9. The van der Waals surface area contributed by atoms with Crippen LogP contribution in [0.5, 0.6) is 11.5 Å². The van der Waals surface area contributed by atoms with Crippen LogP contribution in [-0.4, -0.2) is 40.4 Å². The molecule has 1 N–H and O–H groups in total. The van der Waals surface area contributed by atoms with E-state index in [2.05, 4.69) is 13.5 Å². The molecule has 1 aromatic carbocycles. The fourth-order valence-corrected chi connectivity index (χ4v) is 3.53. The number of phenolic OH excluding ortho intramolecular Hbond substituents is 1. The van der Waals surface area contributed by atoms with Crippen molar-refractivity contribution in [3.8, 4) is 11.5 Å². The van der Waals surface area contributed by atoms with E-state index >= 15 is 0 Å². The lowest BCUT2D eigenvalue weighted by atomic mass is 9.98. The molecule has 1 amide bonds. The molecule has 1 aromatic rings. The Morgan fingerprint density at radius 2 is 2.17 bits per heavy atom. The van der Waals surface area contributed by atoms with E-state index < -0.39 is 17.0 Å². The van der Waals surface area contributed by atoms with Crippen molar-refractivity contribution in [2.24, 2.45) is 0 Å². The molecule has 1 aliphatic rings. The van der Waals surface area contributed by atoms with Crippen LogP contribution in [0.3, 0.4) is 0 Å². The topological polar surface area (TPSA) is 59.0 Å². The number of hydrogen-bond donors (Lipinski definition) is 1. The summed E-state index contributed by atoms with van der Waals surface area (Å²) < 4.78 is 23.9. The minimum atomic E-state index is -0.967. The molecule has 1 aliphatic heterocycles. The second kappa shape index (κ2) is 10.0. The van der Waals surface area contributed by atoms with E-state index in [9.17, 15) is 14.3 Å². The number of carbonyl (C=O) groups is 1. The lowest BCUT2D eigenvalue weighted by Gasteiger charge is -2.31. The van der Waals surface area contributed by atoms with Crippen LogP contribution in [0.15, 0.2) is 36.7 Å². The zero-order chi connectivity index (χ0) is 21.6. The number of benzene rings is 1. The van der Waals surface area contributed by atoms with Gasteiger partial charge in [-0.25, -0.2) is 9.18 Å². The first kappa shape index (κ1) is 23.1. The van der Waals surface area contributed by atoms with E-state index in [1.807, 2.05) is 19.9 Å². The Kier molecular flexibility index (Phi) is 7.96. The van der Waals surface area contributed by atoms with Gasteiger partial charge in [0.05, 0.1) is 12.2 Å². The molecule has 2 rings (SSSR count). The summed E-state index contributed by atoms with van der Waals surface area (Å²) in [6, 6.07) is 5.06. The summed E-state index contributed by atoms with van der Waals surface area (Å²) >= 11 is 5.94. The zero-order valence-electron chi connectivity index (χ0n) is 17.2. The molecule has 0 bridgehead atoms. The molecule has 0 saturated carbocycles. The van der Waals surface area contributed by atoms with Gasteiger partial charge < -0.3 is 19.5 Å². The number of ether oxygens (including phenoxy) is 2. The van der Waals surface area contributed by atoms with Crippen LogP contribution in [0, 0.1) is 0 Å². The third kappa shape index (κ3) is 6.67. The molecule has 160 valence electrons. The Bertz CT molecular complexity index is 778. The predicted molar refractivity (Wildman–Crippen MR) is 113 cm³/mol. The van der Waals surface area contributed by atoms with Gasteiger partial charge in [0, 0.05) is 18.7 Å². The SMILES string of the molecule is C=C(F)CC(Cl)Oc1cccc(C2=CCN(C(=O)OC(C)(C)CCC)CC2)c1O. The molecule has 0 aromatic heterocycles. The molecule has 1 atom stereocenters. The van der Waals surface area contributed by atoms with Crippen LogP contribution >= 0.6 is 11.6 Å². The highest BCUT2D eigenvalue weighted by Crippen LogP contribution is 2.37. The summed E-state index contributed by atoms with van der Waals surface area (Å²) in [5.41, 5.74) is 0.0318. The quantitative estimate of drug-likeness (QED) is 0.518. The van der Waals surface area contributed by atoms with Gasteiger partial charge in [-0.2, -0.15) is 0 Å². The monoisotopic (exact) mass is 425 g/mol. The molecular formula is C22H29ClFNO4. The molecule has 1 unspecified atom stereocenters. The molecule has 0 spiro atoms. The molecule has 0 saturated heterocycles. The Balaban J connectivity index is 2.06. The van der Waals surface area contributed by atoms with Gasteiger partial charge in [0.25, 0.3) is 0 Å². The molecule has 29 heavy (non-hydrogen) atoms. The van der Waals surface area contributed by atoms with Crippen molar-refractivity contribution >= 4 is 23.3 Å². The van der Waals surface area contributed by atoms with Gasteiger partial charge in [0.1, 0.15) is 5.60 Å². The number of phenols is 1. The van der Waals surface area contributed by atoms with Crippen LogP contribution < -0.4 is 4.74 Å². The Labute approximate surface area is 176 Å². The fraction of sp³-hybridized carbons (Fsp3) is 0.500. The minimum Gasteiger partial charge on any atom is -0.504 e. The molecular weight excluding hydrogens is 397 g/mol. The van der Waals surface area contributed by atoms with E-state index in [-0.39, 0.29) is 24.0 Å². The molecule has 5 nitrogen and oxygen atoms in total. The summed E-state index contributed by atoms with van der Waals surface area (Å²) in [5.74, 6) is -0.480. The van der Waals surface area contributed by atoms with Gasteiger partial charge in [-0.3, -0.25) is 0 Å². The number of aromatic hydroxyl groups is 1. The van der Waals surface area contributed by atoms with Crippen molar-refractivity contribution in [2.45, 2.75) is 57.6 Å². The maximum atomic E-state index is 12.9. The van der Waals surface area contributed by atoms with Gasteiger partial charge >= 0.3 is 6.09 Å². The standard InChI is InChI=1S/C22H29ClFNO4/c1-5-11-22(3,4)29-21(27)25-12-9-16(10-13-25)17-7-6-8-18(20(17)26)28-19(23)14-15(2)24/h6-9,19,26H,2,5,10-14H2,1,3-4H3. The third-order valence-electron chi connectivity index (χ3n) is 4.66. The first-order valence-corrected chi connectivity index (χ1v) is 10.2. The van der Waals surface area contributed by atoms with Gasteiger partial charge in [-0.1, -0.05) is 49.7 Å². The zero-order valence-corrected chi connectivity index (χ0v) is 18.0. The van der Waals surface area contributed by atoms with Gasteiger partial charge in [0.2, 0.25) is 0 Å². The van der Waals surface area contributed by atoms with E-state index in [1.165, 1.54) is 0 Å². The maximum Gasteiger partial charge on any atom is 0.410 e. The highest BCUT2D eigenvalue weighted by atomic mass is 35.5. The van der Waals surface area contributed by atoms with E-state index in [0.717, 1.165) is 18.4 Å². The predicted octanol–water partition coefficient (Wildman–Crippen LogP) is 6.01. The van der Waals surface area contributed by atoms with E-state index in [0.29, 0.717) is 25.1 Å². The fourth-order valence-electron chi connectivity index (χ4n) is 3.26. The normalized spacial score (nSPS) is 15.5. The van der Waals surface area contributed by atoms with Gasteiger partial charge in [-0.15, -0.1) is 0 Å². The van der Waals surface area contributed by atoms with Crippen molar-refractivity contribution < 1.29 is 23.8 Å². The van der Waals surface area contributed by atoms with Crippen molar-refractivity contribution in [1.82, 2.24) is 4.90 Å². The molecule has 0 aliphatic carbocycles. The Morgan fingerprint density at radius 3 is 2.76 bits per heavy atom. The lowest BCUT2D eigenvalue weighted by Crippen LogP contribution is -2.40. The average molecular weight is 426 g/mol. The highest BCUT2D eigenvalue weighted by Gasteiger charge is 2.27. The number of halogens is 2. The Hall–Kier alpha value is -2.21. The van der Waals surface area contributed by atoms with Crippen LogP contribution in [0.2, 0.25) is 0 Å². The van der Waals surface area contributed by atoms with Crippen molar-refractivity contribution in [2.75, 3.05) is 13.1 Å². The van der Waals surface area contributed by atoms with Crippen LogP contribution in [-0.2, 0) is 4.74 Å². The minimum absolute atomic E-state index is 0.0611. The number of amides is 1. The van der Waals surface area contributed by atoms with E-state index in [1.54, 1.807) is 23.1 Å². The smallest absolute Gasteiger partial charge is 0.410 e. The Morgan fingerprint density at radius 1 is 1.45 bits per heavy atom. The van der Waals surface area contributed by atoms with E-state index in [4.69, 9.17) is 21.1 Å². The van der Waals surface area contributed by atoms with Gasteiger partial charge in [-0.05, 0) is 38.3 Å². The highest BCUT2D eigenvalue weighted by molar-refractivity contribution is 6.20. The third-order valence-corrected chi connectivity index (χ3v) is 4.91. The number of rotatable bonds is 8. The number of para-hydroxylation sites is 1. The molecule has 7 heteroatoms. The molecule has 1 heterocycles. The second-order valence-corrected chi connectivity index (χ2v) is 8.19. The summed E-state index contributed by atoms with van der Waals surface area (Å²) in [6.45, 7) is 9.90. The number of hydrogen-bond acceptors (Lipinski definition) is 4. The van der Waals surface area contributed by atoms with Crippen LogP contribution in [0.25, 0.3) is 5.57 Å². The summed E-state index contributed by atoms with van der Waals surface area (Å²) in [6.07, 6.45) is 3.68. The number of alkyl halides is 1. The summed E-state index contributed by atoms with van der Waals surface area (Å²) in [5, 5.41) is 10.6. The first-order chi connectivity index (χ1) is 13.6. The van der Waals surface area contributed by atoms with Crippen LogP contribution in [0.4, 0.5) is 9.18 Å².